The van der Waals surface area contributed by atoms with E-state index in [-0.39, 0.29) is 30.8 Å². The third-order valence-electron chi connectivity index (χ3n) is 5.73. The van der Waals surface area contributed by atoms with Crippen molar-refractivity contribution in [3.63, 3.8) is 0 Å². The van der Waals surface area contributed by atoms with E-state index >= 15 is 0 Å². The van der Waals surface area contributed by atoms with E-state index in [0.717, 1.165) is 18.4 Å². The first-order chi connectivity index (χ1) is 14.1. The zero-order chi connectivity index (χ0) is 23.3. The van der Waals surface area contributed by atoms with Crippen LogP contribution in [0.1, 0.15) is 73.6 Å². The Kier molecular flexibility index (Phi) is 14.4. The van der Waals surface area contributed by atoms with E-state index in [1.807, 2.05) is 6.92 Å². The number of carbonyl (C=O) groups is 2. The summed E-state index contributed by atoms with van der Waals surface area (Å²) in [6, 6.07) is 0. The minimum atomic E-state index is -0.432. The van der Waals surface area contributed by atoms with Crippen LogP contribution in [0.15, 0.2) is 23.3 Å². The second-order valence-electron chi connectivity index (χ2n) is 9.05. The summed E-state index contributed by atoms with van der Waals surface area (Å²) in [4.78, 5) is 23.8. The Labute approximate surface area is 183 Å². The Balaban J connectivity index is 5.12. The van der Waals surface area contributed by atoms with E-state index in [2.05, 4.69) is 33.8 Å². The van der Waals surface area contributed by atoms with Gasteiger partial charge < -0.3 is 14.6 Å². The maximum atomic E-state index is 12.1. The number of aliphatic hydroxyl groups is 1. The Morgan fingerprint density at radius 1 is 0.967 bits per heavy atom. The van der Waals surface area contributed by atoms with Crippen molar-refractivity contribution in [1.29, 1.82) is 0 Å². The first-order valence-electron chi connectivity index (χ1n) is 11.2. The van der Waals surface area contributed by atoms with Crippen LogP contribution in [-0.2, 0) is 19.1 Å². The van der Waals surface area contributed by atoms with Crippen molar-refractivity contribution in [3.8, 4) is 0 Å². The van der Waals surface area contributed by atoms with Gasteiger partial charge in [0.15, 0.2) is 0 Å². The summed E-state index contributed by atoms with van der Waals surface area (Å²) < 4.78 is 9.64. The van der Waals surface area contributed by atoms with E-state index in [4.69, 9.17) is 9.47 Å². The van der Waals surface area contributed by atoms with Crippen LogP contribution in [0.2, 0.25) is 0 Å². The van der Waals surface area contributed by atoms with Gasteiger partial charge in [-0.1, -0.05) is 52.7 Å². The van der Waals surface area contributed by atoms with Gasteiger partial charge in [-0.2, -0.15) is 0 Å². The summed E-state index contributed by atoms with van der Waals surface area (Å²) in [7, 11) is 2.68. The van der Waals surface area contributed by atoms with E-state index in [1.165, 1.54) is 27.1 Å². The highest BCUT2D eigenvalue weighted by Gasteiger charge is 2.20. The molecule has 0 aliphatic rings. The molecule has 0 fully saturated rings. The smallest absolute Gasteiger partial charge is 0.333 e. The lowest BCUT2D eigenvalue weighted by Gasteiger charge is -2.23. The molecule has 5 nitrogen and oxygen atoms in total. The number of rotatable bonds is 14. The first kappa shape index (κ1) is 28.4. The number of hydrogen-bond acceptors (Lipinski definition) is 5. The molecule has 0 amide bonds. The molecule has 0 spiro atoms. The number of esters is 2. The molecular formula is C25H44O5. The summed E-state index contributed by atoms with van der Waals surface area (Å²) in [6.45, 7) is 12.8. The Morgan fingerprint density at radius 2 is 1.60 bits per heavy atom. The number of carbonyl (C=O) groups excluding carboxylic acids is 2. The van der Waals surface area contributed by atoms with Crippen LogP contribution in [0, 0.1) is 29.6 Å². The molecular weight excluding hydrogens is 380 g/mol. The summed E-state index contributed by atoms with van der Waals surface area (Å²) >= 11 is 0. The highest BCUT2D eigenvalue weighted by atomic mass is 16.5. The van der Waals surface area contributed by atoms with Gasteiger partial charge in [-0.15, -0.1) is 0 Å². The zero-order valence-corrected chi connectivity index (χ0v) is 20.4. The standard InChI is InChI=1S/C25H44O5/c1-9-17(2)10-18(3)12-22(16-26)13-19(4)11-20(5)14-23(25(28)30-8)15-21(6)24(27)29-7/h11,14,17-19,21-22,26H,9-10,12-13,15-16H2,1-8H3. The molecule has 30 heavy (non-hydrogen) atoms. The summed E-state index contributed by atoms with van der Waals surface area (Å²) in [5.74, 6) is 0.650. The van der Waals surface area contributed by atoms with Crippen molar-refractivity contribution in [2.75, 3.05) is 20.8 Å². The molecule has 0 heterocycles. The van der Waals surface area contributed by atoms with Gasteiger partial charge in [0, 0.05) is 12.2 Å². The first-order valence-corrected chi connectivity index (χ1v) is 11.2. The minimum absolute atomic E-state index is 0.196. The third-order valence-corrected chi connectivity index (χ3v) is 5.73. The number of hydrogen-bond donors (Lipinski definition) is 1. The summed E-state index contributed by atoms with van der Waals surface area (Å²) in [5.41, 5.74) is 1.40. The molecule has 0 saturated carbocycles. The van der Waals surface area contributed by atoms with Crippen LogP contribution in [0.5, 0.6) is 0 Å². The van der Waals surface area contributed by atoms with Crippen LogP contribution in [0.3, 0.4) is 0 Å². The van der Waals surface area contributed by atoms with E-state index in [9.17, 15) is 14.7 Å². The van der Waals surface area contributed by atoms with Crippen LogP contribution in [0.4, 0.5) is 0 Å². The van der Waals surface area contributed by atoms with Crippen molar-refractivity contribution in [1.82, 2.24) is 0 Å². The van der Waals surface area contributed by atoms with Crippen molar-refractivity contribution in [2.45, 2.75) is 73.6 Å². The molecule has 5 heteroatoms. The Morgan fingerprint density at radius 3 is 2.10 bits per heavy atom. The molecule has 0 bridgehead atoms. The van der Waals surface area contributed by atoms with Gasteiger partial charge in [0.1, 0.15) is 0 Å². The SMILES string of the molecule is CCC(C)CC(C)CC(CO)CC(C)C=C(C)C=C(CC(C)C(=O)OC)C(=O)OC. The average Bonchev–Trinajstić information content (AvgIpc) is 2.70. The normalized spacial score (nSPS) is 17.6. The monoisotopic (exact) mass is 424 g/mol. The second-order valence-corrected chi connectivity index (χ2v) is 9.05. The second kappa shape index (κ2) is 15.2. The fourth-order valence-electron chi connectivity index (χ4n) is 4.08. The van der Waals surface area contributed by atoms with Crippen molar-refractivity contribution >= 4 is 11.9 Å². The van der Waals surface area contributed by atoms with Crippen LogP contribution in [-0.4, -0.2) is 37.9 Å². The minimum Gasteiger partial charge on any atom is -0.469 e. The highest BCUT2D eigenvalue weighted by Crippen LogP contribution is 2.26. The number of allylic oxidation sites excluding steroid dienone is 3. The van der Waals surface area contributed by atoms with Crippen molar-refractivity contribution < 1.29 is 24.2 Å². The molecule has 0 radical (unpaired) electrons. The molecule has 0 saturated heterocycles. The molecule has 0 rings (SSSR count). The van der Waals surface area contributed by atoms with Crippen molar-refractivity contribution in [3.05, 3.63) is 23.3 Å². The third kappa shape index (κ3) is 11.5. The van der Waals surface area contributed by atoms with Crippen LogP contribution >= 0.6 is 0 Å². The molecule has 0 aliphatic heterocycles. The Hall–Kier alpha value is -1.62. The zero-order valence-electron chi connectivity index (χ0n) is 20.4. The lowest BCUT2D eigenvalue weighted by atomic mass is 9.84. The van der Waals surface area contributed by atoms with Gasteiger partial charge in [0.25, 0.3) is 0 Å². The summed E-state index contributed by atoms with van der Waals surface area (Å²) in [5, 5.41) is 9.84. The number of aliphatic hydroxyl groups excluding tert-OH is 1. The van der Waals surface area contributed by atoms with E-state index in [1.54, 1.807) is 13.0 Å². The lowest BCUT2D eigenvalue weighted by Crippen LogP contribution is -2.17. The molecule has 0 aromatic heterocycles. The van der Waals surface area contributed by atoms with E-state index in [0.29, 0.717) is 17.4 Å². The predicted octanol–water partition coefficient (Wildman–Crippen LogP) is 5.33. The summed E-state index contributed by atoms with van der Waals surface area (Å²) in [6.07, 6.45) is 8.49. The van der Waals surface area contributed by atoms with Gasteiger partial charge in [0.05, 0.1) is 20.1 Å². The number of ether oxygens (including phenoxy) is 2. The van der Waals surface area contributed by atoms with Crippen LogP contribution in [0.25, 0.3) is 0 Å². The molecule has 5 unspecified atom stereocenters. The molecule has 0 aromatic carbocycles. The fraction of sp³-hybridized carbons (Fsp3) is 0.760. The highest BCUT2D eigenvalue weighted by molar-refractivity contribution is 5.90. The van der Waals surface area contributed by atoms with Gasteiger partial charge >= 0.3 is 11.9 Å². The molecule has 5 atom stereocenters. The maximum Gasteiger partial charge on any atom is 0.333 e. The number of methoxy groups -OCH3 is 2. The molecule has 0 aromatic rings. The predicted molar refractivity (Wildman–Crippen MR) is 122 cm³/mol. The quantitative estimate of drug-likeness (QED) is 0.232. The Bertz CT molecular complexity index is 578. The molecule has 0 aliphatic carbocycles. The average molecular weight is 425 g/mol. The van der Waals surface area contributed by atoms with Crippen molar-refractivity contribution in [2.24, 2.45) is 29.6 Å². The van der Waals surface area contributed by atoms with Gasteiger partial charge in [-0.3, -0.25) is 4.79 Å². The maximum absolute atomic E-state index is 12.1. The fourth-order valence-corrected chi connectivity index (χ4v) is 4.08. The van der Waals surface area contributed by atoms with E-state index < -0.39 is 11.9 Å². The molecule has 1 N–H and O–H groups in total. The topological polar surface area (TPSA) is 72.8 Å². The largest absolute Gasteiger partial charge is 0.469 e. The van der Waals surface area contributed by atoms with Gasteiger partial charge in [0.2, 0.25) is 0 Å². The lowest BCUT2D eigenvalue weighted by molar-refractivity contribution is -0.145. The molecule has 174 valence electrons. The van der Waals surface area contributed by atoms with Gasteiger partial charge in [-0.05, 0) is 62.4 Å². The van der Waals surface area contributed by atoms with Gasteiger partial charge in [-0.25, -0.2) is 4.79 Å². The van der Waals surface area contributed by atoms with Crippen LogP contribution < -0.4 is 0 Å².